The van der Waals surface area contributed by atoms with E-state index < -0.39 is 27.4 Å². The predicted octanol–water partition coefficient (Wildman–Crippen LogP) is 5.88. The van der Waals surface area contributed by atoms with Crippen LogP contribution in [0.5, 0.6) is 5.75 Å². The number of amides is 2. The number of phenols is 1. The van der Waals surface area contributed by atoms with Crippen molar-refractivity contribution in [3.05, 3.63) is 88.0 Å². The largest absolute Gasteiger partial charge is 0.504 e. The van der Waals surface area contributed by atoms with Gasteiger partial charge < -0.3 is 20.7 Å². The third-order valence-electron chi connectivity index (χ3n) is 5.45. The SMILES string of the molecule is CCS(=O)(=O)c1cc(NC(=O)C=Cc2ccc(Cl)cc2)c(O)c(NC(=O)c2cc3cc(Cl)ccc3[nH]2)c1. The number of carbonyl (C=O) groups is 2. The molecular weight excluding hydrogens is 537 g/mol. The Morgan fingerprint density at radius 3 is 2.27 bits per heavy atom. The number of carbonyl (C=O) groups excluding carboxylic acids is 2. The Labute approximate surface area is 222 Å². The van der Waals surface area contributed by atoms with Gasteiger partial charge in [0.2, 0.25) is 5.91 Å². The molecule has 1 heterocycles. The molecule has 11 heteroatoms. The number of benzene rings is 3. The van der Waals surface area contributed by atoms with Gasteiger partial charge in [0.15, 0.2) is 15.6 Å². The van der Waals surface area contributed by atoms with Crippen LogP contribution in [0.1, 0.15) is 23.0 Å². The summed E-state index contributed by atoms with van der Waals surface area (Å²) in [5.41, 5.74) is 1.17. The lowest BCUT2D eigenvalue weighted by atomic mass is 10.2. The number of phenolic OH excluding ortho intramolecular Hbond substituents is 1. The minimum atomic E-state index is -3.75. The summed E-state index contributed by atoms with van der Waals surface area (Å²) >= 11 is 11.9. The molecule has 8 nitrogen and oxygen atoms in total. The molecule has 0 aliphatic carbocycles. The lowest BCUT2D eigenvalue weighted by molar-refractivity contribution is -0.111. The number of rotatable bonds is 7. The highest BCUT2D eigenvalue weighted by Gasteiger charge is 2.21. The Morgan fingerprint density at radius 2 is 1.59 bits per heavy atom. The topological polar surface area (TPSA) is 128 Å². The summed E-state index contributed by atoms with van der Waals surface area (Å²) in [5, 5.41) is 17.5. The van der Waals surface area contributed by atoms with Gasteiger partial charge in [-0.3, -0.25) is 9.59 Å². The van der Waals surface area contributed by atoms with Gasteiger partial charge in [0.25, 0.3) is 5.91 Å². The smallest absolute Gasteiger partial charge is 0.272 e. The van der Waals surface area contributed by atoms with E-state index >= 15 is 0 Å². The van der Waals surface area contributed by atoms with Crippen LogP contribution in [-0.2, 0) is 14.6 Å². The monoisotopic (exact) mass is 557 g/mol. The maximum Gasteiger partial charge on any atom is 0.272 e. The first-order valence-corrected chi connectivity index (χ1v) is 13.4. The zero-order valence-electron chi connectivity index (χ0n) is 19.4. The second-order valence-electron chi connectivity index (χ2n) is 8.01. The first-order chi connectivity index (χ1) is 17.6. The standard InChI is InChI=1S/C26H21Cl2N3O5S/c1-2-37(35,36)19-13-21(30-24(32)10-5-15-3-6-17(27)7-4-15)25(33)22(14-19)31-26(34)23-12-16-11-18(28)8-9-20(16)29-23/h3-14,29,33H,2H2,1H3,(H,30,32)(H,31,34). The molecule has 190 valence electrons. The van der Waals surface area contributed by atoms with Gasteiger partial charge in [-0.15, -0.1) is 0 Å². The zero-order valence-corrected chi connectivity index (χ0v) is 21.7. The van der Waals surface area contributed by atoms with Crippen molar-refractivity contribution in [2.24, 2.45) is 0 Å². The van der Waals surface area contributed by atoms with Crippen molar-refractivity contribution >= 4 is 73.2 Å². The van der Waals surface area contributed by atoms with Gasteiger partial charge >= 0.3 is 0 Å². The van der Waals surface area contributed by atoms with Crippen molar-refractivity contribution in [3.63, 3.8) is 0 Å². The van der Waals surface area contributed by atoms with Crippen molar-refractivity contribution in [2.45, 2.75) is 11.8 Å². The van der Waals surface area contributed by atoms with Gasteiger partial charge in [-0.25, -0.2) is 8.42 Å². The van der Waals surface area contributed by atoms with Crippen molar-refractivity contribution < 1.29 is 23.1 Å². The van der Waals surface area contributed by atoms with Gasteiger partial charge in [-0.05, 0) is 60.2 Å². The quantitative estimate of drug-likeness (QED) is 0.166. The summed E-state index contributed by atoms with van der Waals surface area (Å²) < 4.78 is 25.2. The average Bonchev–Trinajstić information content (AvgIpc) is 3.29. The molecular formula is C26H21Cl2N3O5S. The normalized spacial score (nSPS) is 11.6. The second-order valence-corrected chi connectivity index (χ2v) is 11.2. The van der Waals surface area contributed by atoms with E-state index in [1.165, 1.54) is 19.1 Å². The van der Waals surface area contributed by atoms with E-state index in [9.17, 15) is 23.1 Å². The Kier molecular flexibility index (Phi) is 7.58. The van der Waals surface area contributed by atoms with Crippen LogP contribution in [0, 0.1) is 0 Å². The number of hydrogen-bond acceptors (Lipinski definition) is 5. The summed E-state index contributed by atoms with van der Waals surface area (Å²) in [7, 11) is -3.75. The average molecular weight is 558 g/mol. The number of hydrogen-bond donors (Lipinski definition) is 4. The fraction of sp³-hybridized carbons (Fsp3) is 0.0769. The fourth-order valence-electron chi connectivity index (χ4n) is 3.48. The van der Waals surface area contributed by atoms with Crippen LogP contribution in [0.25, 0.3) is 17.0 Å². The molecule has 3 aromatic carbocycles. The first kappa shape index (κ1) is 26.3. The van der Waals surface area contributed by atoms with Crippen LogP contribution in [0.2, 0.25) is 10.0 Å². The van der Waals surface area contributed by atoms with E-state index in [1.54, 1.807) is 48.5 Å². The first-order valence-electron chi connectivity index (χ1n) is 11.0. The van der Waals surface area contributed by atoms with E-state index in [4.69, 9.17) is 23.2 Å². The Bertz CT molecular complexity index is 1640. The van der Waals surface area contributed by atoms with E-state index in [0.29, 0.717) is 26.5 Å². The molecule has 4 N–H and O–H groups in total. The summed E-state index contributed by atoms with van der Waals surface area (Å²) in [5.74, 6) is -1.98. The molecule has 0 aliphatic rings. The van der Waals surface area contributed by atoms with Crippen LogP contribution < -0.4 is 10.6 Å². The number of H-pyrrole nitrogens is 1. The van der Waals surface area contributed by atoms with Crippen LogP contribution >= 0.6 is 23.2 Å². The van der Waals surface area contributed by atoms with Gasteiger partial charge in [0.1, 0.15) is 5.69 Å². The summed E-state index contributed by atoms with van der Waals surface area (Å²) in [6, 6.07) is 15.7. The number of anilines is 2. The molecule has 2 amide bonds. The number of sulfone groups is 1. The number of fused-ring (bicyclic) bond motifs is 1. The molecule has 0 saturated carbocycles. The van der Waals surface area contributed by atoms with Gasteiger partial charge in [-0.1, -0.05) is 42.3 Å². The molecule has 0 aliphatic heterocycles. The van der Waals surface area contributed by atoms with E-state index in [0.717, 1.165) is 12.1 Å². The third-order valence-corrected chi connectivity index (χ3v) is 7.65. The van der Waals surface area contributed by atoms with Crippen LogP contribution in [0.15, 0.2) is 71.6 Å². The molecule has 0 saturated heterocycles. The highest BCUT2D eigenvalue weighted by Crippen LogP contribution is 2.36. The minimum absolute atomic E-state index is 0.164. The van der Waals surface area contributed by atoms with Crippen molar-refractivity contribution in [3.8, 4) is 5.75 Å². The number of aromatic amines is 1. The van der Waals surface area contributed by atoms with Crippen molar-refractivity contribution in [1.29, 1.82) is 0 Å². The van der Waals surface area contributed by atoms with E-state index in [-0.39, 0.29) is 27.7 Å². The zero-order chi connectivity index (χ0) is 26.7. The molecule has 0 atom stereocenters. The molecule has 0 spiro atoms. The molecule has 4 rings (SSSR count). The maximum absolute atomic E-state index is 12.9. The molecule has 1 aromatic heterocycles. The lowest BCUT2D eigenvalue weighted by Crippen LogP contribution is -2.15. The van der Waals surface area contributed by atoms with E-state index in [1.807, 2.05) is 0 Å². The van der Waals surface area contributed by atoms with Crippen LogP contribution in [-0.4, -0.2) is 36.1 Å². The van der Waals surface area contributed by atoms with Gasteiger partial charge in [-0.2, -0.15) is 0 Å². The third kappa shape index (κ3) is 6.14. The van der Waals surface area contributed by atoms with Crippen LogP contribution in [0.4, 0.5) is 11.4 Å². The Hall–Kier alpha value is -3.79. The number of aromatic hydroxyl groups is 1. The molecule has 4 aromatic rings. The molecule has 37 heavy (non-hydrogen) atoms. The summed E-state index contributed by atoms with van der Waals surface area (Å²) in [6.45, 7) is 1.46. The fourth-order valence-corrected chi connectivity index (χ4v) is 4.72. The van der Waals surface area contributed by atoms with Crippen LogP contribution in [0.3, 0.4) is 0 Å². The lowest BCUT2D eigenvalue weighted by Gasteiger charge is -2.14. The minimum Gasteiger partial charge on any atom is -0.504 e. The predicted molar refractivity (Wildman–Crippen MR) is 146 cm³/mol. The van der Waals surface area contributed by atoms with Crippen molar-refractivity contribution in [1.82, 2.24) is 4.98 Å². The maximum atomic E-state index is 12.9. The highest BCUT2D eigenvalue weighted by molar-refractivity contribution is 7.91. The summed E-state index contributed by atoms with van der Waals surface area (Å²) in [4.78, 5) is 28.2. The molecule has 0 radical (unpaired) electrons. The van der Waals surface area contributed by atoms with Gasteiger partial charge in [0, 0.05) is 27.0 Å². The molecule has 0 fully saturated rings. The second kappa shape index (κ2) is 10.7. The highest BCUT2D eigenvalue weighted by atomic mass is 35.5. The van der Waals surface area contributed by atoms with Crippen molar-refractivity contribution in [2.75, 3.05) is 16.4 Å². The number of aromatic nitrogens is 1. The van der Waals surface area contributed by atoms with E-state index in [2.05, 4.69) is 15.6 Å². The molecule has 0 unspecified atom stereocenters. The number of nitrogens with one attached hydrogen (secondary N) is 3. The Balaban J connectivity index is 1.64. The number of halogens is 2. The Morgan fingerprint density at radius 1 is 0.946 bits per heavy atom. The summed E-state index contributed by atoms with van der Waals surface area (Å²) in [6.07, 6.45) is 2.75. The van der Waals surface area contributed by atoms with Gasteiger partial charge in [0.05, 0.1) is 22.0 Å². The molecule has 0 bridgehead atoms.